The van der Waals surface area contributed by atoms with Crippen molar-refractivity contribution in [1.82, 2.24) is 10.6 Å². The van der Waals surface area contributed by atoms with E-state index in [2.05, 4.69) is 22.5 Å². The van der Waals surface area contributed by atoms with E-state index in [9.17, 15) is 19.5 Å². The van der Waals surface area contributed by atoms with Crippen LogP contribution in [0.4, 0.5) is 0 Å². The predicted molar refractivity (Wildman–Crippen MR) is 139 cm³/mol. The van der Waals surface area contributed by atoms with Crippen LogP contribution in [0.25, 0.3) is 0 Å². The highest BCUT2D eigenvalue weighted by molar-refractivity contribution is 6.29. The van der Waals surface area contributed by atoms with Crippen LogP contribution in [0, 0.1) is 17.8 Å². The van der Waals surface area contributed by atoms with Crippen molar-refractivity contribution in [2.45, 2.75) is 65.2 Å². The van der Waals surface area contributed by atoms with Gasteiger partial charge < -0.3 is 25.2 Å². The largest absolute Gasteiger partial charge is 0.490 e. The van der Waals surface area contributed by atoms with Gasteiger partial charge in [0.25, 0.3) is 5.91 Å². The molecular formula is C27H35ClN2O6. The Kier molecular flexibility index (Phi) is 14.0. The van der Waals surface area contributed by atoms with Crippen LogP contribution >= 0.6 is 11.6 Å². The lowest BCUT2D eigenvalue weighted by molar-refractivity contribution is -0.151. The molecule has 0 aromatic carbocycles. The maximum Gasteiger partial charge on any atom is 0.373 e. The number of nitrogens with one attached hydrogen (secondary N) is 2. The summed E-state index contributed by atoms with van der Waals surface area (Å²) in [5.41, 5.74) is 0.897. The normalized spacial score (nSPS) is 19.0. The Morgan fingerprint density at radius 3 is 2.69 bits per heavy atom. The lowest BCUT2D eigenvalue weighted by Crippen LogP contribution is -2.42. The Bertz CT molecular complexity index is 995. The summed E-state index contributed by atoms with van der Waals surface area (Å²) in [6, 6.07) is -0.791. The number of cyclic esters (lactones) is 1. The molecule has 0 spiro atoms. The van der Waals surface area contributed by atoms with Gasteiger partial charge in [-0.2, -0.15) is 0 Å². The summed E-state index contributed by atoms with van der Waals surface area (Å²) in [6.07, 6.45) is 12.2. The molecular weight excluding hydrogens is 484 g/mol. The van der Waals surface area contributed by atoms with E-state index < -0.39 is 29.9 Å². The van der Waals surface area contributed by atoms with Crippen LogP contribution in [-0.4, -0.2) is 48.2 Å². The molecule has 0 saturated heterocycles. The van der Waals surface area contributed by atoms with E-state index in [1.807, 2.05) is 19.9 Å². The minimum absolute atomic E-state index is 0.0205. The van der Waals surface area contributed by atoms with E-state index in [0.717, 1.165) is 5.57 Å². The Balaban J connectivity index is 2.45. The van der Waals surface area contributed by atoms with Crippen LogP contribution in [0.3, 0.4) is 0 Å². The second-order valence-electron chi connectivity index (χ2n) is 8.35. The quantitative estimate of drug-likeness (QED) is 0.219. The van der Waals surface area contributed by atoms with Gasteiger partial charge in [-0.05, 0) is 57.9 Å². The summed E-state index contributed by atoms with van der Waals surface area (Å²) in [7, 11) is 1.43. The first-order valence-corrected chi connectivity index (χ1v) is 12.0. The van der Waals surface area contributed by atoms with E-state index in [-0.39, 0.29) is 17.8 Å². The highest BCUT2D eigenvalue weighted by atomic mass is 35.5. The smallest absolute Gasteiger partial charge is 0.373 e. The zero-order chi connectivity index (χ0) is 27.1. The number of rotatable bonds is 11. The van der Waals surface area contributed by atoms with Crippen LogP contribution in [0.2, 0.25) is 0 Å². The fourth-order valence-corrected chi connectivity index (χ4v) is 3.17. The number of amides is 2. The average molecular weight is 519 g/mol. The minimum atomic E-state index is -0.791. The van der Waals surface area contributed by atoms with Gasteiger partial charge in [-0.25, -0.2) is 4.79 Å². The molecule has 4 atom stereocenters. The Labute approximate surface area is 218 Å². The predicted octanol–water partition coefficient (Wildman–Crippen LogP) is 3.39. The fourth-order valence-electron chi connectivity index (χ4n) is 3.08. The van der Waals surface area contributed by atoms with Gasteiger partial charge >= 0.3 is 5.97 Å². The molecule has 8 nitrogen and oxygen atoms in total. The standard InChI is InChI=1S/C27H35ClN2O6/c1-18(17-19(2)23-14-15-24(35-5)27(34)36-23)9-6-7-11-25(32)30-21(4)26(33)29-16-8-10-22(31)13-12-20(3)28/h6,8-9,12,15-17,19,21-23,31H,10,13-14H2,1-5H3,(H,29,33)(H,30,32)/b9-6-,16-8-,18-17+,20-12+/t19-,21-,22+,23-/m0/s1. The van der Waals surface area contributed by atoms with Gasteiger partial charge in [0.2, 0.25) is 5.91 Å². The maximum absolute atomic E-state index is 12.1. The molecule has 0 unspecified atom stereocenters. The number of methoxy groups -OCH3 is 1. The average Bonchev–Trinajstić information content (AvgIpc) is 2.82. The number of aliphatic hydroxyl groups is 1. The molecule has 0 saturated carbocycles. The molecule has 9 heteroatoms. The van der Waals surface area contributed by atoms with Crippen molar-refractivity contribution >= 4 is 29.4 Å². The van der Waals surface area contributed by atoms with Crippen molar-refractivity contribution in [3.8, 4) is 11.8 Å². The number of carbonyl (C=O) groups excluding carboxylic acids is 3. The van der Waals surface area contributed by atoms with Crippen molar-refractivity contribution < 1.29 is 29.0 Å². The van der Waals surface area contributed by atoms with Gasteiger partial charge in [-0.3, -0.25) is 9.59 Å². The molecule has 0 aromatic rings. The van der Waals surface area contributed by atoms with Crippen molar-refractivity contribution in [1.29, 1.82) is 0 Å². The number of halogens is 1. The second-order valence-corrected chi connectivity index (χ2v) is 8.94. The summed E-state index contributed by atoms with van der Waals surface area (Å²) >= 11 is 5.72. The number of hydrogen-bond donors (Lipinski definition) is 3. The molecule has 196 valence electrons. The van der Waals surface area contributed by atoms with Gasteiger partial charge in [0.05, 0.1) is 13.2 Å². The van der Waals surface area contributed by atoms with Gasteiger partial charge in [0.1, 0.15) is 12.1 Å². The summed E-state index contributed by atoms with van der Waals surface area (Å²) in [4.78, 5) is 35.8. The van der Waals surface area contributed by atoms with Crippen molar-refractivity contribution in [3.05, 3.63) is 59.0 Å². The molecule has 1 aliphatic rings. The lowest BCUT2D eigenvalue weighted by Gasteiger charge is -2.25. The third-order valence-corrected chi connectivity index (χ3v) is 5.26. The highest BCUT2D eigenvalue weighted by Gasteiger charge is 2.26. The van der Waals surface area contributed by atoms with Gasteiger partial charge in [-0.1, -0.05) is 54.3 Å². The third-order valence-electron chi connectivity index (χ3n) is 5.11. The number of ether oxygens (including phenoxy) is 2. The SMILES string of the molecule is COC1=CC[C@@H]([C@@H](C)/C=C(C)/C=C\C#CC(=O)N[C@@H](C)C(=O)N/C=C\C[C@@H](O)C/C=C(\C)Cl)OC1=O. The van der Waals surface area contributed by atoms with Gasteiger partial charge in [0, 0.05) is 17.4 Å². The van der Waals surface area contributed by atoms with E-state index in [1.54, 1.807) is 38.2 Å². The maximum atomic E-state index is 12.1. The molecule has 0 aliphatic carbocycles. The van der Waals surface area contributed by atoms with Crippen molar-refractivity contribution in [3.63, 3.8) is 0 Å². The van der Waals surface area contributed by atoms with E-state index in [4.69, 9.17) is 21.1 Å². The zero-order valence-corrected chi connectivity index (χ0v) is 22.1. The molecule has 0 fully saturated rings. The van der Waals surface area contributed by atoms with Crippen LogP contribution in [0.15, 0.2) is 59.0 Å². The van der Waals surface area contributed by atoms with Gasteiger partial charge in [-0.15, -0.1) is 0 Å². The fraction of sp³-hybridized carbons (Fsp3) is 0.444. The second kappa shape index (κ2) is 16.4. The first-order valence-electron chi connectivity index (χ1n) is 11.6. The van der Waals surface area contributed by atoms with Crippen LogP contribution in [0.5, 0.6) is 0 Å². The molecule has 1 heterocycles. The Morgan fingerprint density at radius 1 is 1.33 bits per heavy atom. The van der Waals surface area contributed by atoms with E-state index >= 15 is 0 Å². The molecule has 0 aromatic heterocycles. The molecule has 1 aliphatic heterocycles. The topological polar surface area (TPSA) is 114 Å². The number of allylic oxidation sites excluding steroid dienone is 4. The summed E-state index contributed by atoms with van der Waals surface area (Å²) < 4.78 is 10.3. The molecule has 1 rings (SSSR count). The van der Waals surface area contributed by atoms with E-state index in [0.29, 0.717) is 24.3 Å². The molecule has 0 bridgehead atoms. The molecule has 2 amide bonds. The monoisotopic (exact) mass is 518 g/mol. The minimum Gasteiger partial charge on any atom is -0.490 e. The summed E-state index contributed by atoms with van der Waals surface area (Å²) in [5, 5.41) is 15.4. The molecule has 3 N–H and O–H groups in total. The van der Waals surface area contributed by atoms with Crippen molar-refractivity contribution in [2.75, 3.05) is 7.11 Å². The first-order chi connectivity index (χ1) is 17.0. The number of hydrogen-bond acceptors (Lipinski definition) is 6. The van der Waals surface area contributed by atoms with Crippen LogP contribution < -0.4 is 10.6 Å². The zero-order valence-electron chi connectivity index (χ0n) is 21.3. The Morgan fingerprint density at radius 2 is 2.06 bits per heavy atom. The summed E-state index contributed by atoms with van der Waals surface area (Å²) in [5.74, 6) is 3.78. The van der Waals surface area contributed by atoms with Crippen LogP contribution in [0.1, 0.15) is 47.0 Å². The third kappa shape index (κ3) is 12.4. The number of aliphatic hydroxyl groups excluding tert-OH is 1. The molecule has 36 heavy (non-hydrogen) atoms. The summed E-state index contributed by atoms with van der Waals surface area (Å²) in [6.45, 7) is 7.10. The Hall–Kier alpha value is -3.28. The highest BCUT2D eigenvalue weighted by Crippen LogP contribution is 2.22. The molecule has 0 radical (unpaired) electrons. The van der Waals surface area contributed by atoms with Crippen molar-refractivity contribution in [2.24, 2.45) is 5.92 Å². The first kappa shape index (κ1) is 30.8. The number of esters is 1. The lowest BCUT2D eigenvalue weighted by atomic mass is 9.97. The van der Waals surface area contributed by atoms with E-state index in [1.165, 1.54) is 19.4 Å². The van der Waals surface area contributed by atoms with Gasteiger partial charge in [0.15, 0.2) is 5.76 Å². The number of carbonyl (C=O) groups is 3. The van der Waals surface area contributed by atoms with Crippen LogP contribution in [-0.2, 0) is 23.9 Å².